The molecule has 1 aromatic rings. The van der Waals surface area contributed by atoms with E-state index in [-0.39, 0.29) is 18.2 Å². The van der Waals surface area contributed by atoms with Crippen LogP contribution in [-0.2, 0) is 4.74 Å². The lowest BCUT2D eigenvalue weighted by Gasteiger charge is -2.28. The van der Waals surface area contributed by atoms with E-state index in [1.165, 1.54) is 5.56 Å². The molecule has 0 saturated carbocycles. The van der Waals surface area contributed by atoms with Crippen LogP contribution in [0.1, 0.15) is 12.0 Å². The molecule has 0 radical (unpaired) electrons. The zero-order chi connectivity index (χ0) is 11.8. The van der Waals surface area contributed by atoms with Crippen molar-refractivity contribution in [2.24, 2.45) is 0 Å². The van der Waals surface area contributed by atoms with Gasteiger partial charge in [-0.15, -0.1) is 0 Å². The Kier molecular flexibility index (Phi) is 2.52. The largest absolute Gasteiger partial charge is 0.442 e. The van der Waals surface area contributed by atoms with E-state index in [1.807, 2.05) is 31.2 Å². The van der Waals surface area contributed by atoms with Crippen LogP contribution in [-0.4, -0.2) is 31.3 Å². The summed E-state index contributed by atoms with van der Waals surface area (Å²) in [4.78, 5) is 13.7. The van der Waals surface area contributed by atoms with Crippen molar-refractivity contribution in [3.63, 3.8) is 0 Å². The maximum atomic E-state index is 11.9. The SMILES string of the molecule is Cc1ccc(N2C(=O)OC3CNCCC32)cc1. The van der Waals surface area contributed by atoms with Gasteiger partial charge in [0.15, 0.2) is 0 Å². The Morgan fingerprint density at radius 1 is 1.35 bits per heavy atom. The van der Waals surface area contributed by atoms with Gasteiger partial charge in [0, 0.05) is 12.2 Å². The second kappa shape index (κ2) is 4.04. The summed E-state index contributed by atoms with van der Waals surface area (Å²) in [6.45, 7) is 3.75. The van der Waals surface area contributed by atoms with Gasteiger partial charge in [-0.2, -0.15) is 0 Å². The van der Waals surface area contributed by atoms with Gasteiger partial charge in [-0.25, -0.2) is 4.79 Å². The minimum atomic E-state index is -0.215. The second-order valence-corrected chi connectivity index (χ2v) is 4.69. The number of amides is 1. The summed E-state index contributed by atoms with van der Waals surface area (Å²) in [5, 5.41) is 3.25. The summed E-state index contributed by atoms with van der Waals surface area (Å²) < 4.78 is 5.39. The summed E-state index contributed by atoms with van der Waals surface area (Å²) in [5.74, 6) is 0. The van der Waals surface area contributed by atoms with E-state index in [9.17, 15) is 4.79 Å². The number of carbonyl (C=O) groups is 1. The Morgan fingerprint density at radius 3 is 2.88 bits per heavy atom. The summed E-state index contributed by atoms with van der Waals surface area (Å²) in [5.41, 5.74) is 2.14. The monoisotopic (exact) mass is 232 g/mol. The van der Waals surface area contributed by atoms with E-state index in [4.69, 9.17) is 4.74 Å². The fourth-order valence-corrected chi connectivity index (χ4v) is 2.56. The highest BCUT2D eigenvalue weighted by Crippen LogP contribution is 2.30. The molecule has 90 valence electrons. The van der Waals surface area contributed by atoms with Gasteiger partial charge in [0.25, 0.3) is 0 Å². The van der Waals surface area contributed by atoms with E-state index >= 15 is 0 Å². The maximum Gasteiger partial charge on any atom is 0.415 e. The van der Waals surface area contributed by atoms with Crippen LogP contribution in [0.15, 0.2) is 24.3 Å². The van der Waals surface area contributed by atoms with Crippen LogP contribution in [0.25, 0.3) is 0 Å². The van der Waals surface area contributed by atoms with Crippen LogP contribution < -0.4 is 10.2 Å². The van der Waals surface area contributed by atoms with Crippen LogP contribution in [0.4, 0.5) is 10.5 Å². The lowest BCUT2D eigenvalue weighted by atomic mass is 10.0. The molecule has 17 heavy (non-hydrogen) atoms. The molecule has 1 amide bonds. The van der Waals surface area contributed by atoms with Gasteiger partial charge in [0.2, 0.25) is 0 Å². The number of piperidine rings is 1. The molecule has 2 unspecified atom stereocenters. The van der Waals surface area contributed by atoms with Crippen LogP contribution in [0.2, 0.25) is 0 Å². The van der Waals surface area contributed by atoms with E-state index in [1.54, 1.807) is 4.90 Å². The number of fused-ring (bicyclic) bond motifs is 1. The molecule has 2 saturated heterocycles. The number of rotatable bonds is 1. The molecule has 3 rings (SSSR count). The molecule has 0 spiro atoms. The fraction of sp³-hybridized carbons (Fsp3) is 0.462. The number of benzene rings is 1. The van der Waals surface area contributed by atoms with Gasteiger partial charge >= 0.3 is 6.09 Å². The first-order valence-corrected chi connectivity index (χ1v) is 6.03. The molecule has 4 heteroatoms. The zero-order valence-electron chi connectivity index (χ0n) is 9.85. The maximum absolute atomic E-state index is 11.9. The van der Waals surface area contributed by atoms with Crippen molar-refractivity contribution in [1.82, 2.24) is 5.32 Å². The predicted molar refractivity (Wildman–Crippen MR) is 65.2 cm³/mol. The molecule has 4 nitrogen and oxygen atoms in total. The molecular formula is C13H16N2O2. The van der Waals surface area contributed by atoms with Crippen LogP contribution in [0, 0.1) is 6.92 Å². The Bertz CT molecular complexity index is 430. The number of nitrogens with zero attached hydrogens (tertiary/aromatic N) is 1. The van der Waals surface area contributed by atoms with Crippen molar-refractivity contribution >= 4 is 11.8 Å². The Hall–Kier alpha value is -1.55. The minimum Gasteiger partial charge on any atom is -0.442 e. The third-order valence-electron chi connectivity index (χ3n) is 3.48. The van der Waals surface area contributed by atoms with Gasteiger partial charge in [-0.05, 0) is 32.0 Å². The van der Waals surface area contributed by atoms with Crippen molar-refractivity contribution in [2.75, 3.05) is 18.0 Å². The highest BCUT2D eigenvalue weighted by Gasteiger charge is 2.43. The summed E-state index contributed by atoms with van der Waals surface area (Å²) in [6.07, 6.45) is 0.731. The van der Waals surface area contributed by atoms with E-state index in [0.717, 1.165) is 25.2 Å². The number of ether oxygens (including phenoxy) is 1. The standard InChI is InChI=1S/C13H16N2O2/c1-9-2-4-10(5-3-9)15-11-6-7-14-8-12(11)17-13(15)16/h2-5,11-12,14H,6-8H2,1H3. The highest BCUT2D eigenvalue weighted by molar-refractivity contribution is 5.90. The number of hydrogen-bond donors (Lipinski definition) is 1. The Morgan fingerprint density at radius 2 is 2.12 bits per heavy atom. The van der Waals surface area contributed by atoms with E-state index in [0.29, 0.717) is 0 Å². The Balaban J connectivity index is 1.90. The molecule has 2 aliphatic heterocycles. The van der Waals surface area contributed by atoms with Gasteiger partial charge in [-0.1, -0.05) is 17.7 Å². The number of carbonyl (C=O) groups excluding carboxylic acids is 1. The lowest BCUT2D eigenvalue weighted by molar-refractivity contribution is 0.121. The van der Waals surface area contributed by atoms with Gasteiger partial charge in [0.1, 0.15) is 6.10 Å². The molecular weight excluding hydrogens is 216 g/mol. The first kappa shape index (κ1) is 10.6. The minimum absolute atomic E-state index is 0.00227. The molecule has 0 aromatic heterocycles. The molecule has 1 aromatic carbocycles. The highest BCUT2D eigenvalue weighted by atomic mass is 16.6. The van der Waals surface area contributed by atoms with Crippen molar-refractivity contribution < 1.29 is 9.53 Å². The summed E-state index contributed by atoms with van der Waals surface area (Å²) in [6, 6.07) is 8.21. The number of nitrogens with one attached hydrogen (secondary N) is 1. The van der Waals surface area contributed by atoms with E-state index < -0.39 is 0 Å². The van der Waals surface area contributed by atoms with Crippen molar-refractivity contribution in [3.8, 4) is 0 Å². The zero-order valence-corrected chi connectivity index (χ0v) is 9.85. The van der Waals surface area contributed by atoms with Gasteiger partial charge in [0.05, 0.1) is 6.04 Å². The Labute approximate surface area is 101 Å². The summed E-state index contributed by atoms with van der Waals surface area (Å²) >= 11 is 0. The first-order chi connectivity index (χ1) is 8.25. The van der Waals surface area contributed by atoms with Crippen molar-refractivity contribution in [2.45, 2.75) is 25.5 Å². The number of anilines is 1. The molecule has 2 fully saturated rings. The third kappa shape index (κ3) is 1.78. The molecule has 2 heterocycles. The molecule has 2 aliphatic rings. The first-order valence-electron chi connectivity index (χ1n) is 6.03. The van der Waals surface area contributed by atoms with Crippen LogP contribution in [0.3, 0.4) is 0 Å². The average Bonchev–Trinajstić information content (AvgIpc) is 2.66. The van der Waals surface area contributed by atoms with Crippen LogP contribution in [0.5, 0.6) is 0 Å². The second-order valence-electron chi connectivity index (χ2n) is 4.69. The van der Waals surface area contributed by atoms with Crippen LogP contribution >= 0.6 is 0 Å². The van der Waals surface area contributed by atoms with E-state index in [2.05, 4.69) is 5.32 Å². The fourth-order valence-electron chi connectivity index (χ4n) is 2.56. The number of hydrogen-bond acceptors (Lipinski definition) is 3. The summed E-state index contributed by atoms with van der Waals surface area (Å²) in [7, 11) is 0. The average molecular weight is 232 g/mol. The molecule has 2 atom stereocenters. The molecule has 0 aliphatic carbocycles. The molecule has 0 bridgehead atoms. The smallest absolute Gasteiger partial charge is 0.415 e. The normalized spacial score (nSPS) is 27.8. The third-order valence-corrected chi connectivity index (χ3v) is 3.48. The topological polar surface area (TPSA) is 41.6 Å². The predicted octanol–water partition coefficient (Wildman–Crippen LogP) is 1.68. The van der Waals surface area contributed by atoms with Gasteiger partial charge < -0.3 is 10.1 Å². The van der Waals surface area contributed by atoms with Crippen molar-refractivity contribution in [3.05, 3.63) is 29.8 Å². The lowest BCUT2D eigenvalue weighted by Crippen LogP contribution is -2.47. The van der Waals surface area contributed by atoms with Gasteiger partial charge in [-0.3, -0.25) is 4.90 Å². The van der Waals surface area contributed by atoms with Crippen molar-refractivity contribution in [1.29, 1.82) is 0 Å². The molecule has 1 N–H and O–H groups in total. The quantitative estimate of drug-likeness (QED) is 0.801. The number of aryl methyl sites for hydroxylation is 1.